The van der Waals surface area contributed by atoms with Gasteiger partial charge in [0, 0.05) is 32.4 Å². The summed E-state index contributed by atoms with van der Waals surface area (Å²) in [6.45, 7) is 1.39. The Morgan fingerprint density at radius 2 is 2.47 bits per heavy atom. The molecule has 0 saturated heterocycles. The molecule has 0 aliphatic rings. The van der Waals surface area contributed by atoms with Crippen LogP contribution in [-0.2, 0) is 18.4 Å². The fourth-order valence-electron chi connectivity index (χ4n) is 1.23. The molecule has 0 saturated carbocycles. The molecule has 0 atom stereocenters. The second-order valence-corrected chi connectivity index (χ2v) is 3.51. The lowest BCUT2D eigenvalue weighted by atomic mass is 10.3. The number of imidazole rings is 1. The molecule has 6 heteroatoms. The number of amides is 1. The summed E-state index contributed by atoms with van der Waals surface area (Å²) in [5, 5.41) is 0. The minimum absolute atomic E-state index is 0.151. The van der Waals surface area contributed by atoms with Crippen LogP contribution >= 0.6 is 0 Å². The largest absolute Gasteiger partial charge is 0.337 e. The molecule has 0 bridgehead atoms. The first kappa shape index (κ1) is 11.7. The highest BCUT2D eigenvalue weighted by atomic mass is 16.2. The summed E-state index contributed by atoms with van der Waals surface area (Å²) in [6, 6.07) is 0. The summed E-state index contributed by atoms with van der Waals surface area (Å²) >= 11 is 0. The van der Waals surface area contributed by atoms with Crippen molar-refractivity contribution in [3.63, 3.8) is 0 Å². The number of carbonyl (C=O) groups is 1. The van der Waals surface area contributed by atoms with E-state index in [2.05, 4.69) is 10.4 Å². The number of aromatic nitrogens is 2. The molecule has 1 aromatic heterocycles. The minimum atomic E-state index is -0.151. The number of hydrazine groups is 1. The number of nitrogens with one attached hydrogen (secondary N) is 1. The van der Waals surface area contributed by atoms with Crippen molar-refractivity contribution in [2.24, 2.45) is 12.9 Å². The molecule has 0 aliphatic carbocycles. The molecule has 0 aliphatic heterocycles. The Balaban J connectivity index is 2.33. The molecule has 3 N–H and O–H groups in total. The summed E-state index contributed by atoms with van der Waals surface area (Å²) in [4.78, 5) is 17.1. The zero-order valence-electron chi connectivity index (χ0n) is 9.10. The molecule has 15 heavy (non-hydrogen) atoms. The smallest absolute Gasteiger partial charge is 0.235 e. The molecule has 1 rings (SSSR count). The van der Waals surface area contributed by atoms with Gasteiger partial charge in [0.25, 0.3) is 0 Å². The Bertz CT molecular complexity index is 322. The number of hydrogen-bond acceptors (Lipinski definition) is 4. The topological polar surface area (TPSA) is 76.2 Å². The molecule has 1 heterocycles. The van der Waals surface area contributed by atoms with Gasteiger partial charge in [-0.25, -0.2) is 10.8 Å². The van der Waals surface area contributed by atoms with E-state index in [1.807, 2.05) is 29.8 Å². The van der Waals surface area contributed by atoms with Gasteiger partial charge in [-0.05, 0) is 7.05 Å². The second-order valence-electron chi connectivity index (χ2n) is 3.51. The Morgan fingerprint density at radius 3 is 3.00 bits per heavy atom. The Labute approximate surface area is 89.0 Å². The van der Waals surface area contributed by atoms with Crippen LogP contribution in [0.4, 0.5) is 0 Å². The van der Waals surface area contributed by atoms with Gasteiger partial charge in [0.05, 0.1) is 6.54 Å². The maximum atomic E-state index is 10.9. The number of aryl methyl sites for hydroxylation is 1. The highest BCUT2D eigenvalue weighted by molar-refractivity contribution is 5.75. The standard InChI is InChI=1S/C9H17N5O/c1-13(5-3-9(15)12-10)7-8-11-4-6-14(8)2/h4,6H,3,5,7,10H2,1-2H3,(H,12,15). The fraction of sp³-hybridized carbons (Fsp3) is 0.556. The third-order valence-electron chi connectivity index (χ3n) is 2.21. The van der Waals surface area contributed by atoms with Gasteiger partial charge >= 0.3 is 0 Å². The maximum Gasteiger partial charge on any atom is 0.235 e. The molecule has 0 fully saturated rings. The van der Waals surface area contributed by atoms with Gasteiger partial charge in [-0.2, -0.15) is 0 Å². The number of nitrogens with zero attached hydrogens (tertiary/aromatic N) is 3. The van der Waals surface area contributed by atoms with E-state index in [1.54, 1.807) is 6.20 Å². The molecule has 0 aromatic carbocycles. The zero-order valence-corrected chi connectivity index (χ0v) is 9.10. The minimum Gasteiger partial charge on any atom is -0.337 e. The molecule has 1 amide bonds. The average Bonchev–Trinajstić information content (AvgIpc) is 2.61. The quantitative estimate of drug-likeness (QED) is 0.381. The van der Waals surface area contributed by atoms with Crippen LogP contribution in [-0.4, -0.2) is 34.0 Å². The van der Waals surface area contributed by atoms with Gasteiger partial charge in [-0.15, -0.1) is 0 Å². The van der Waals surface area contributed by atoms with Crippen LogP contribution < -0.4 is 11.3 Å². The second kappa shape index (κ2) is 5.47. The number of rotatable bonds is 5. The monoisotopic (exact) mass is 211 g/mol. The van der Waals surface area contributed by atoms with Crippen molar-refractivity contribution in [2.75, 3.05) is 13.6 Å². The van der Waals surface area contributed by atoms with Crippen molar-refractivity contribution in [2.45, 2.75) is 13.0 Å². The molecule has 0 radical (unpaired) electrons. The predicted octanol–water partition coefficient (Wildman–Crippen LogP) is -0.768. The molecule has 84 valence electrons. The molecule has 1 aromatic rings. The van der Waals surface area contributed by atoms with E-state index in [9.17, 15) is 4.79 Å². The van der Waals surface area contributed by atoms with Gasteiger partial charge in [0.2, 0.25) is 5.91 Å². The van der Waals surface area contributed by atoms with Crippen LogP contribution in [0.5, 0.6) is 0 Å². The summed E-state index contributed by atoms with van der Waals surface area (Å²) in [7, 11) is 3.89. The van der Waals surface area contributed by atoms with Crippen LogP contribution in [0.25, 0.3) is 0 Å². The summed E-state index contributed by atoms with van der Waals surface area (Å²) < 4.78 is 1.96. The number of nitrogens with two attached hydrogens (primary N) is 1. The van der Waals surface area contributed by atoms with Crippen molar-refractivity contribution in [3.8, 4) is 0 Å². The first-order valence-corrected chi connectivity index (χ1v) is 4.77. The Kier molecular flexibility index (Phi) is 4.26. The van der Waals surface area contributed by atoms with Crippen molar-refractivity contribution >= 4 is 5.91 Å². The SMILES string of the molecule is CN(CCC(=O)NN)Cc1nccn1C. The van der Waals surface area contributed by atoms with E-state index in [4.69, 9.17) is 5.84 Å². The summed E-state index contributed by atoms with van der Waals surface area (Å²) in [6.07, 6.45) is 4.06. The van der Waals surface area contributed by atoms with E-state index < -0.39 is 0 Å². The van der Waals surface area contributed by atoms with Crippen molar-refractivity contribution in [1.82, 2.24) is 19.9 Å². The van der Waals surface area contributed by atoms with Crippen LogP contribution in [0, 0.1) is 0 Å². The normalized spacial score (nSPS) is 10.7. The molecular weight excluding hydrogens is 194 g/mol. The molecule has 6 nitrogen and oxygen atoms in total. The van der Waals surface area contributed by atoms with Crippen molar-refractivity contribution < 1.29 is 4.79 Å². The van der Waals surface area contributed by atoms with E-state index in [1.165, 1.54) is 0 Å². The zero-order chi connectivity index (χ0) is 11.3. The highest BCUT2D eigenvalue weighted by Gasteiger charge is 2.06. The molecule has 0 unspecified atom stereocenters. The van der Waals surface area contributed by atoms with E-state index >= 15 is 0 Å². The lowest BCUT2D eigenvalue weighted by molar-refractivity contribution is -0.121. The Morgan fingerprint density at radius 1 is 1.73 bits per heavy atom. The molecular formula is C9H17N5O. The van der Waals surface area contributed by atoms with Gasteiger partial charge < -0.3 is 4.57 Å². The van der Waals surface area contributed by atoms with Gasteiger partial charge in [-0.3, -0.25) is 15.1 Å². The molecule has 0 spiro atoms. The summed E-state index contributed by atoms with van der Waals surface area (Å²) in [5.41, 5.74) is 2.10. The van der Waals surface area contributed by atoms with Gasteiger partial charge in [-0.1, -0.05) is 0 Å². The van der Waals surface area contributed by atoms with E-state index in [0.717, 1.165) is 12.4 Å². The first-order chi connectivity index (χ1) is 7.13. The van der Waals surface area contributed by atoms with Gasteiger partial charge in [0.1, 0.15) is 5.82 Å². The fourth-order valence-corrected chi connectivity index (χ4v) is 1.23. The van der Waals surface area contributed by atoms with E-state index in [0.29, 0.717) is 13.0 Å². The van der Waals surface area contributed by atoms with E-state index in [-0.39, 0.29) is 5.91 Å². The van der Waals surface area contributed by atoms with Crippen LogP contribution in [0.1, 0.15) is 12.2 Å². The third-order valence-corrected chi connectivity index (χ3v) is 2.21. The van der Waals surface area contributed by atoms with Crippen molar-refractivity contribution in [3.05, 3.63) is 18.2 Å². The number of hydrogen-bond donors (Lipinski definition) is 2. The average molecular weight is 211 g/mol. The Hall–Kier alpha value is -1.40. The summed E-state index contributed by atoms with van der Waals surface area (Å²) in [5.74, 6) is 5.81. The lowest BCUT2D eigenvalue weighted by Gasteiger charge is -2.15. The first-order valence-electron chi connectivity index (χ1n) is 4.77. The lowest BCUT2D eigenvalue weighted by Crippen LogP contribution is -2.33. The van der Waals surface area contributed by atoms with Crippen molar-refractivity contribution in [1.29, 1.82) is 0 Å². The third kappa shape index (κ3) is 3.69. The van der Waals surface area contributed by atoms with Crippen LogP contribution in [0.3, 0.4) is 0 Å². The highest BCUT2D eigenvalue weighted by Crippen LogP contribution is 1.99. The number of carbonyl (C=O) groups excluding carboxylic acids is 1. The van der Waals surface area contributed by atoms with Crippen LogP contribution in [0.15, 0.2) is 12.4 Å². The maximum absolute atomic E-state index is 10.9. The predicted molar refractivity (Wildman–Crippen MR) is 56.5 cm³/mol. The van der Waals surface area contributed by atoms with Crippen LogP contribution in [0.2, 0.25) is 0 Å². The van der Waals surface area contributed by atoms with Gasteiger partial charge in [0.15, 0.2) is 0 Å².